The molecule has 5 nitrogen and oxygen atoms in total. The summed E-state index contributed by atoms with van der Waals surface area (Å²) < 4.78 is 11.5. The average Bonchev–Trinajstić information content (AvgIpc) is 3.18. The van der Waals surface area contributed by atoms with Crippen LogP contribution in [0.15, 0.2) is 54.6 Å². The molecule has 0 unspecified atom stereocenters. The van der Waals surface area contributed by atoms with E-state index in [0.717, 1.165) is 15.2 Å². The lowest BCUT2D eigenvalue weighted by Crippen LogP contribution is -2.13. The summed E-state index contributed by atoms with van der Waals surface area (Å²) in [5.41, 5.74) is 2.36. The predicted molar refractivity (Wildman–Crippen MR) is 123 cm³/mol. The summed E-state index contributed by atoms with van der Waals surface area (Å²) in [7, 11) is 3.04. The molecule has 0 saturated heterocycles. The standard InChI is InChI=1S/C22H16Cl2N2O3S/c1-28-12-7-8-13(19(9-12)29-2)21(27)25-18-10-14(15(23)11-16(18)24)22-26-17-5-3-4-6-20(17)30-22/h3-11H,1-2H3,(H,25,27). The topological polar surface area (TPSA) is 60.5 Å². The normalized spacial score (nSPS) is 10.8. The van der Waals surface area contributed by atoms with Gasteiger partial charge in [0.25, 0.3) is 5.91 Å². The molecule has 1 aromatic heterocycles. The van der Waals surface area contributed by atoms with Crippen LogP contribution in [0.1, 0.15) is 10.4 Å². The number of nitrogens with one attached hydrogen (secondary N) is 1. The molecule has 1 heterocycles. The molecule has 0 spiro atoms. The van der Waals surface area contributed by atoms with Crippen LogP contribution in [0.4, 0.5) is 5.69 Å². The minimum atomic E-state index is -0.367. The van der Waals surface area contributed by atoms with Gasteiger partial charge in [-0.1, -0.05) is 35.3 Å². The third-order valence-electron chi connectivity index (χ3n) is 4.48. The van der Waals surface area contributed by atoms with Gasteiger partial charge >= 0.3 is 0 Å². The minimum Gasteiger partial charge on any atom is -0.497 e. The van der Waals surface area contributed by atoms with E-state index in [2.05, 4.69) is 10.3 Å². The highest BCUT2D eigenvalue weighted by Crippen LogP contribution is 2.39. The van der Waals surface area contributed by atoms with E-state index in [9.17, 15) is 4.79 Å². The largest absolute Gasteiger partial charge is 0.497 e. The Morgan fingerprint density at radius 1 is 1.00 bits per heavy atom. The number of carbonyl (C=O) groups excluding carboxylic acids is 1. The number of hydrogen-bond acceptors (Lipinski definition) is 5. The number of fused-ring (bicyclic) bond motifs is 1. The Hall–Kier alpha value is -2.80. The van der Waals surface area contributed by atoms with Crippen molar-refractivity contribution < 1.29 is 14.3 Å². The first-order chi connectivity index (χ1) is 14.5. The van der Waals surface area contributed by atoms with Crippen molar-refractivity contribution in [3.8, 4) is 22.1 Å². The first kappa shape index (κ1) is 20.5. The molecule has 0 radical (unpaired) electrons. The van der Waals surface area contributed by atoms with Gasteiger partial charge in [0.15, 0.2) is 0 Å². The van der Waals surface area contributed by atoms with E-state index in [4.69, 9.17) is 32.7 Å². The van der Waals surface area contributed by atoms with E-state index in [-0.39, 0.29) is 5.91 Å². The number of para-hydroxylation sites is 1. The fraction of sp³-hybridized carbons (Fsp3) is 0.0909. The first-order valence-corrected chi connectivity index (χ1v) is 10.5. The number of carbonyl (C=O) groups is 1. The van der Waals surface area contributed by atoms with Crippen LogP contribution in [-0.2, 0) is 0 Å². The Morgan fingerprint density at radius 3 is 2.53 bits per heavy atom. The summed E-state index contributed by atoms with van der Waals surface area (Å²) in [4.78, 5) is 17.5. The van der Waals surface area contributed by atoms with Crippen LogP contribution < -0.4 is 14.8 Å². The zero-order valence-electron chi connectivity index (χ0n) is 16.0. The lowest BCUT2D eigenvalue weighted by molar-refractivity contribution is 0.102. The highest BCUT2D eigenvalue weighted by atomic mass is 35.5. The van der Waals surface area contributed by atoms with Crippen LogP contribution in [0.25, 0.3) is 20.8 Å². The molecule has 0 saturated carbocycles. The molecule has 0 aliphatic heterocycles. The van der Waals surface area contributed by atoms with Gasteiger partial charge in [0, 0.05) is 11.6 Å². The monoisotopic (exact) mass is 458 g/mol. The maximum absolute atomic E-state index is 12.9. The maximum atomic E-state index is 12.9. The van der Waals surface area contributed by atoms with Crippen molar-refractivity contribution in [1.29, 1.82) is 0 Å². The van der Waals surface area contributed by atoms with Crippen LogP contribution in [0.3, 0.4) is 0 Å². The van der Waals surface area contributed by atoms with Gasteiger partial charge in [0.1, 0.15) is 16.5 Å². The molecule has 30 heavy (non-hydrogen) atoms. The van der Waals surface area contributed by atoms with Gasteiger partial charge < -0.3 is 14.8 Å². The molecule has 0 atom stereocenters. The third kappa shape index (κ3) is 3.94. The molecular formula is C22H16Cl2N2O3S. The number of nitrogens with zero attached hydrogens (tertiary/aromatic N) is 1. The number of aromatic nitrogens is 1. The molecule has 0 bridgehead atoms. The number of thiazole rings is 1. The molecule has 152 valence electrons. The molecule has 0 aliphatic rings. The van der Waals surface area contributed by atoms with Gasteiger partial charge in [-0.05, 0) is 36.4 Å². The molecule has 3 aromatic carbocycles. The van der Waals surface area contributed by atoms with Crippen molar-refractivity contribution >= 4 is 56.3 Å². The Bertz CT molecular complexity index is 1220. The van der Waals surface area contributed by atoms with Crippen molar-refractivity contribution in [1.82, 2.24) is 4.98 Å². The second kappa shape index (κ2) is 8.52. The van der Waals surface area contributed by atoms with Gasteiger partial charge in [-0.25, -0.2) is 4.98 Å². The Morgan fingerprint density at radius 2 is 1.80 bits per heavy atom. The molecule has 1 amide bonds. The number of anilines is 1. The van der Waals surface area contributed by atoms with Gasteiger partial charge in [-0.15, -0.1) is 11.3 Å². The summed E-state index contributed by atoms with van der Waals surface area (Å²) in [6, 6.07) is 16.1. The Kier molecular flexibility index (Phi) is 5.81. The van der Waals surface area contributed by atoms with Crippen LogP contribution in [-0.4, -0.2) is 25.1 Å². The van der Waals surface area contributed by atoms with E-state index in [1.54, 1.807) is 37.4 Å². The number of ether oxygens (including phenoxy) is 2. The molecule has 4 aromatic rings. The minimum absolute atomic E-state index is 0.325. The highest BCUT2D eigenvalue weighted by Gasteiger charge is 2.18. The molecule has 8 heteroatoms. The second-order valence-corrected chi connectivity index (χ2v) is 8.16. The van der Waals surface area contributed by atoms with Gasteiger partial charge in [-0.3, -0.25) is 4.79 Å². The smallest absolute Gasteiger partial charge is 0.259 e. The third-order valence-corrected chi connectivity index (χ3v) is 6.18. The van der Waals surface area contributed by atoms with Crippen LogP contribution >= 0.6 is 34.5 Å². The zero-order valence-corrected chi connectivity index (χ0v) is 18.4. The number of benzene rings is 3. The second-order valence-electron chi connectivity index (χ2n) is 6.32. The molecule has 0 aliphatic carbocycles. The Balaban J connectivity index is 1.70. The summed E-state index contributed by atoms with van der Waals surface area (Å²) in [5.74, 6) is 0.614. The average molecular weight is 459 g/mol. The fourth-order valence-corrected chi connectivity index (χ4v) is 4.54. The van der Waals surface area contributed by atoms with Crippen molar-refractivity contribution in [3.63, 3.8) is 0 Å². The lowest BCUT2D eigenvalue weighted by atomic mass is 10.1. The molecule has 0 fully saturated rings. The fourth-order valence-electron chi connectivity index (χ4n) is 2.97. The van der Waals surface area contributed by atoms with E-state index < -0.39 is 0 Å². The van der Waals surface area contributed by atoms with Crippen molar-refractivity contribution in [2.45, 2.75) is 0 Å². The molecule has 4 rings (SSSR count). The van der Waals surface area contributed by atoms with Crippen LogP contribution in [0.5, 0.6) is 11.5 Å². The predicted octanol–water partition coefficient (Wildman–Crippen LogP) is 6.54. The van der Waals surface area contributed by atoms with Crippen molar-refractivity contribution in [3.05, 3.63) is 70.2 Å². The SMILES string of the molecule is COc1ccc(C(=O)Nc2cc(-c3nc4ccccc4s3)c(Cl)cc2Cl)c(OC)c1. The quantitative estimate of drug-likeness (QED) is 0.368. The summed E-state index contributed by atoms with van der Waals surface area (Å²) in [6.45, 7) is 0. The Labute approximate surface area is 187 Å². The van der Waals surface area contributed by atoms with Crippen LogP contribution in [0, 0.1) is 0 Å². The van der Waals surface area contributed by atoms with E-state index in [1.807, 2.05) is 24.3 Å². The van der Waals surface area contributed by atoms with Gasteiger partial charge in [0.05, 0.1) is 45.7 Å². The molecular weight excluding hydrogens is 443 g/mol. The summed E-state index contributed by atoms with van der Waals surface area (Å²) in [6.07, 6.45) is 0. The number of rotatable bonds is 5. The van der Waals surface area contributed by atoms with Gasteiger partial charge in [-0.2, -0.15) is 0 Å². The number of halogens is 2. The van der Waals surface area contributed by atoms with Crippen molar-refractivity contribution in [2.24, 2.45) is 0 Å². The van der Waals surface area contributed by atoms with Crippen molar-refractivity contribution in [2.75, 3.05) is 19.5 Å². The van der Waals surface area contributed by atoms with E-state index >= 15 is 0 Å². The highest BCUT2D eigenvalue weighted by molar-refractivity contribution is 7.21. The summed E-state index contributed by atoms with van der Waals surface area (Å²) in [5, 5.41) is 4.36. The molecule has 1 N–H and O–H groups in total. The number of hydrogen-bond donors (Lipinski definition) is 1. The summed E-state index contributed by atoms with van der Waals surface area (Å²) >= 11 is 14.3. The number of amides is 1. The van der Waals surface area contributed by atoms with E-state index in [0.29, 0.717) is 38.4 Å². The first-order valence-electron chi connectivity index (χ1n) is 8.88. The van der Waals surface area contributed by atoms with Gasteiger partial charge in [0.2, 0.25) is 0 Å². The number of methoxy groups -OCH3 is 2. The van der Waals surface area contributed by atoms with Crippen LogP contribution in [0.2, 0.25) is 10.0 Å². The zero-order chi connectivity index (χ0) is 21.3. The maximum Gasteiger partial charge on any atom is 0.259 e. The lowest BCUT2D eigenvalue weighted by Gasteiger charge is -2.13. The van der Waals surface area contributed by atoms with E-state index in [1.165, 1.54) is 18.4 Å².